The Morgan fingerprint density at radius 3 is 2.58 bits per heavy atom. The van der Waals surface area contributed by atoms with Gasteiger partial charge in [-0.25, -0.2) is 14.0 Å². The largest absolute Gasteiger partial charge is 0.466 e. The van der Waals surface area contributed by atoms with Crippen LogP contribution in [0.1, 0.15) is 38.2 Å². The zero-order valence-electron chi connectivity index (χ0n) is 17.9. The van der Waals surface area contributed by atoms with E-state index in [4.69, 9.17) is 4.74 Å². The molecular weight excluding hydrogens is 395 g/mol. The van der Waals surface area contributed by atoms with Gasteiger partial charge in [0.25, 0.3) is 0 Å². The second kappa shape index (κ2) is 8.92. The zero-order valence-corrected chi connectivity index (χ0v) is 17.9. The maximum atomic E-state index is 15.0. The maximum Gasteiger partial charge on any atom is 0.336 e. The molecular formula is C25H27FN2O3. The van der Waals surface area contributed by atoms with Crippen molar-refractivity contribution in [3.8, 4) is 11.1 Å². The fraction of sp³-hybridized carbons (Fsp3) is 0.360. The maximum absolute atomic E-state index is 15.0. The summed E-state index contributed by atoms with van der Waals surface area (Å²) < 4.78 is 20.1. The van der Waals surface area contributed by atoms with E-state index in [1.54, 1.807) is 11.0 Å². The molecule has 1 N–H and O–H groups in total. The molecule has 2 aromatic rings. The van der Waals surface area contributed by atoms with E-state index in [1.165, 1.54) is 13.2 Å². The molecule has 2 aliphatic rings. The first-order chi connectivity index (χ1) is 15.0. The highest BCUT2D eigenvalue weighted by Gasteiger charge is 2.46. The Hall–Kier alpha value is -3.15. The Morgan fingerprint density at radius 1 is 1.13 bits per heavy atom. The van der Waals surface area contributed by atoms with Crippen LogP contribution in [0.4, 0.5) is 9.18 Å². The van der Waals surface area contributed by atoms with Gasteiger partial charge in [-0.05, 0) is 48.4 Å². The molecule has 2 bridgehead atoms. The van der Waals surface area contributed by atoms with Gasteiger partial charge >= 0.3 is 12.0 Å². The van der Waals surface area contributed by atoms with Gasteiger partial charge in [-0.15, -0.1) is 0 Å². The van der Waals surface area contributed by atoms with Crippen LogP contribution >= 0.6 is 0 Å². The third kappa shape index (κ3) is 3.94. The number of ether oxygens (including phenoxy) is 1. The van der Waals surface area contributed by atoms with Gasteiger partial charge < -0.3 is 15.0 Å². The third-order valence-corrected chi connectivity index (χ3v) is 6.17. The van der Waals surface area contributed by atoms with E-state index in [1.807, 2.05) is 43.3 Å². The Kier molecular flexibility index (Phi) is 6.07. The molecule has 0 aromatic heterocycles. The molecule has 2 amide bonds. The van der Waals surface area contributed by atoms with E-state index in [9.17, 15) is 9.59 Å². The van der Waals surface area contributed by atoms with Crippen LogP contribution in [-0.2, 0) is 9.53 Å². The number of carbonyl (C=O) groups is 2. The van der Waals surface area contributed by atoms with Gasteiger partial charge in [0.15, 0.2) is 0 Å². The standard InChI is InChI=1S/C25H27FN2O3/c1-3-13-27-25(30)28-18-10-12-22(28)23(24(29)31-2)20(15-18)17-9-11-19(21(26)14-17)16-7-5-4-6-8-16/h4-9,11,14,18,22H,3,10,12-13,15H2,1-2H3,(H,27,30)/t18-,22+/m0/s1. The summed E-state index contributed by atoms with van der Waals surface area (Å²) in [5.74, 6) is -0.794. The van der Waals surface area contributed by atoms with E-state index >= 15 is 4.39 Å². The fourth-order valence-corrected chi connectivity index (χ4v) is 4.74. The molecule has 0 spiro atoms. The number of nitrogens with zero attached hydrogens (tertiary/aromatic N) is 1. The average molecular weight is 423 g/mol. The van der Waals surface area contributed by atoms with Crippen molar-refractivity contribution in [2.45, 2.75) is 44.7 Å². The number of fused-ring (bicyclic) bond motifs is 2. The normalized spacial score (nSPS) is 20.0. The minimum Gasteiger partial charge on any atom is -0.466 e. The summed E-state index contributed by atoms with van der Waals surface area (Å²) in [4.78, 5) is 27.3. The Balaban J connectivity index is 1.73. The summed E-state index contributed by atoms with van der Waals surface area (Å²) in [5.41, 5.74) is 3.23. The number of halogens is 1. The highest BCUT2D eigenvalue weighted by molar-refractivity contribution is 6.01. The Bertz CT molecular complexity index is 1020. The summed E-state index contributed by atoms with van der Waals surface area (Å²) >= 11 is 0. The highest BCUT2D eigenvalue weighted by Crippen LogP contribution is 2.44. The number of amides is 2. The summed E-state index contributed by atoms with van der Waals surface area (Å²) in [6.07, 6.45) is 2.85. The van der Waals surface area contributed by atoms with Crippen molar-refractivity contribution in [1.29, 1.82) is 0 Å². The number of methoxy groups -OCH3 is 1. The number of urea groups is 1. The molecule has 162 valence electrons. The van der Waals surface area contributed by atoms with Gasteiger partial charge in [-0.1, -0.05) is 49.4 Å². The number of carbonyl (C=O) groups excluding carboxylic acids is 2. The van der Waals surface area contributed by atoms with Gasteiger partial charge in [0, 0.05) is 18.2 Å². The van der Waals surface area contributed by atoms with Crippen molar-refractivity contribution < 1.29 is 18.7 Å². The van der Waals surface area contributed by atoms with Gasteiger partial charge in [-0.3, -0.25) is 0 Å². The predicted molar refractivity (Wildman–Crippen MR) is 118 cm³/mol. The first-order valence-electron chi connectivity index (χ1n) is 10.8. The molecule has 0 aliphatic carbocycles. The summed E-state index contributed by atoms with van der Waals surface area (Å²) in [6, 6.07) is 14.0. The zero-order chi connectivity index (χ0) is 22.0. The molecule has 2 atom stereocenters. The van der Waals surface area contributed by atoms with Crippen molar-refractivity contribution in [3.05, 3.63) is 65.5 Å². The van der Waals surface area contributed by atoms with Crippen LogP contribution in [0.2, 0.25) is 0 Å². The van der Waals surface area contributed by atoms with Gasteiger partial charge in [-0.2, -0.15) is 0 Å². The topological polar surface area (TPSA) is 58.6 Å². The molecule has 0 unspecified atom stereocenters. The highest BCUT2D eigenvalue weighted by atomic mass is 19.1. The average Bonchev–Trinajstić information content (AvgIpc) is 3.10. The fourth-order valence-electron chi connectivity index (χ4n) is 4.74. The monoisotopic (exact) mass is 422 g/mol. The molecule has 31 heavy (non-hydrogen) atoms. The van der Waals surface area contributed by atoms with Gasteiger partial charge in [0.1, 0.15) is 5.82 Å². The molecule has 2 heterocycles. The number of nitrogens with one attached hydrogen (secondary N) is 1. The van der Waals surface area contributed by atoms with Crippen molar-refractivity contribution in [1.82, 2.24) is 10.2 Å². The van der Waals surface area contributed by atoms with E-state index in [0.717, 1.165) is 24.0 Å². The molecule has 1 saturated heterocycles. The molecule has 0 radical (unpaired) electrons. The molecule has 0 saturated carbocycles. The second-order valence-corrected chi connectivity index (χ2v) is 8.03. The van der Waals surface area contributed by atoms with Crippen LogP contribution in [0.3, 0.4) is 0 Å². The summed E-state index contributed by atoms with van der Waals surface area (Å²) in [6.45, 7) is 2.59. The minimum absolute atomic E-state index is 0.0119. The Morgan fingerprint density at radius 2 is 1.90 bits per heavy atom. The second-order valence-electron chi connectivity index (χ2n) is 8.03. The quantitative estimate of drug-likeness (QED) is 0.706. The van der Waals surface area contributed by atoms with E-state index in [2.05, 4.69) is 5.32 Å². The van der Waals surface area contributed by atoms with Crippen molar-refractivity contribution in [3.63, 3.8) is 0 Å². The van der Waals surface area contributed by atoms with Crippen LogP contribution in [0, 0.1) is 5.82 Å². The van der Waals surface area contributed by atoms with Gasteiger partial charge in [0.2, 0.25) is 0 Å². The number of esters is 1. The van der Waals surface area contributed by atoms with Crippen LogP contribution in [0.15, 0.2) is 54.1 Å². The third-order valence-electron chi connectivity index (χ3n) is 6.17. The SMILES string of the molecule is CCCNC(=O)N1[C@H]2CC[C@@H]1C(C(=O)OC)=C(c1ccc(-c3ccccc3)c(F)c1)C2. The van der Waals surface area contributed by atoms with E-state index in [-0.39, 0.29) is 23.9 Å². The van der Waals surface area contributed by atoms with Gasteiger partial charge in [0.05, 0.1) is 18.7 Å². The number of benzene rings is 2. The summed E-state index contributed by atoms with van der Waals surface area (Å²) in [5, 5.41) is 2.92. The molecule has 2 aromatic carbocycles. The lowest BCUT2D eigenvalue weighted by atomic mass is 9.87. The van der Waals surface area contributed by atoms with Crippen LogP contribution in [0.25, 0.3) is 16.7 Å². The molecule has 6 heteroatoms. The van der Waals surface area contributed by atoms with E-state index in [0.29, 0.717) is 36.1 Å². The molecule has 4 rings (SSSR count). The lowest BCUT2D eigenvalue weighted by Gasteiger charge is -2.37. The van der Waals surface area contributed by atoms with Crippen LogP contribution in [-0.4, -0.2) is 42.6 Å². The van der Waals surface area contributed by atoms with Crippen LogP contribution in [0.5, 0.6) is 0 Å². The van der Waals surface area contributed by atoms with Crippen molar-refractivity contribution in [2.24, 2.45) is 0 Å². The predicted octanol–water partition coefficient (Wildman–Crippen LogP) is 4.78. The van der Waals surface area contributed by atoms with E-state index < -0.39 is 5.97 Å². The first kappa shape index (κ1) is 21.1. The van der Waals surface area contributed by atoms with Crippen molar-refractivity contribution >= 4 is 17.6 Å². The molecule has 5 nitrogen and oxygen atoms in total. The lowest BCUT2D eigenvalue weighted by molar-refractivity contribution is -0.136. The molecule has 1 fully saturated rings. The number of hydrogen-bond acceptors (Lipinski definition) is 3. The first-order valence-corrected chi connectivity index (χ1v) is 10.8. The smallest absolute Gasteiger partial charge is 0.336 e. The lowest BCUT2D eigenvalue weighted by Crippen LogP contribution is -2.51. The molecule has 2 aliphatic heterocycles. The Labute approximate surface area is 181 Å². The number of rotatable bonds is 5. The number of hydrogen-bond donors (Lipinski definition) is 1. The van der Waals surface area contributed by atoms with Crippen LogP contribution < -0.4 is 5.32 Å². The van der Waals surface area contributed by atoms with Crippen molar-refractivity contribution in [2.75, 3.05) is 13.7 Å². The minimum atomic E-state index is -0.457. The summed E-state index contributed by atoms with van der Waals surface area (Å²) in [7, 11) is 1.34.